The average Bonchev–Trinajstić information content (AvgIpc) is 2.61. The summed E-state index contributed by atoms with van der Waals surface area (Å²) in [7, 11) is 1.71. The molecule has 0 atom stereocenters. The number of fused-ring (bicyclic) bond motifs is 1. The van der Waals surface area contributed by atoms with Crippen LogP contribution in [0.5, 0.6) is 0 Å². The summed E-state index contributed by atoms with van der Waals surface area (Å²) in [5.41, 5.74) is 7.56. The number of imidazole rings is 1. The first kappa shape index (κ1) is 10.9. The zero-order chi connectivity index (χ0) is 11.4. The number of nitrogens with two attached hydrogens (primary N) is 1. The molecule has 2 aromatic heterocycles. The normalized spacial score (nSPS) is 11.1. The maximum Gasteiger partial charge on any atom is 0.202 e. The highest BCUT2D eigenvalue weighted by atomic mass is 16.5. The first-order chi connectivity index (χ1) is 7.83. The molecule has 0 bridgehead atoms. The smallest absolute Gasteiger partial charge is 0.202 e. The van der Waals surface area contributed by atoms with Gasteiger partial charge < -0.3 is 10.5 Å². The minimum absolute atomic E-state index is 0.533. The fraction of sp³-hybridized carbons (Fsp3) is 0.455. The second-order valence-electron chi connectivity index (χ2n) is 3.67. The molecule has 86 valence electrons. The molecule has 0 saturated carbocycles. The standard InChI is InChI=1S/C11H16N4O/c1-16-8-3-2-7-15-10-9(14-11(15)12)5-4-6-13-10/h4-6H,2-3,7-8H2,1H3,(H2,12,14). The number of hydrogen-bond acceptors (Lipinski definition) is 4. The second kappa shape index (κ2) is 4.94. The Morgan fingerprint density at radius 3 is 3.12 bits per heavy atom. The fourth-order valence-electron chi connectivity index (χ4n) is 1.71. The molecule has 0 unspecified atom stereocenters. The molecule has 2 aromatic rings. The monoisotopic (exact) mass is 220 g/mol. The van der Waals surface area contributed by atoms with Crippen LogP contribution >= 0.6 is 0 Å². The van der Waals surface area contributed by atoms with Crippen molar-refractivity contribution in [1.29, 1.82) is 0 Å². The molecule has 5 nitrogen and oxygen atoms in total. The number of nitrogen functional groups attached to an aromatic ring is 1. The topological polar surface area (TPSA) is 66.0 Å². The Morgan fingerprint density at radius 1 is 1.44 bits per heavy atom. The molecule has 0 amide bonds. The van der Waals surface area contributed by atoms with E-state index < -0.39 is 0 Å². The Morgan fingerprint density at radius 2 is 2.31 bits per heavy atom. The van der Waals surface area contributed by atoms with Crippen molar-refractivity contribution in [1.82, 2.24) is 14.5 Å². The predicted molar refractivity (Wildman–Crippen MR) is 63.1 cm³/mol. The second-order valence-corrected chi connectivity index (χ2v) is 3.67. The molecule has 2 rings (SSSR count). The summed E-state index contributed by atoms with van der Waals surface area (Å²) in [6, 6.07) is 3.79. The summed E-state index contributed by atoms with van der Waals surface area (Å²) in [6.07, 6.45) is 3.79. The molecule has 2 heterocycles. The van der Waals surface area contributed by atoms with Gasteiger partial charge in [-0.05, 0) is 25.0 Å². The molecular formula is C11H16N4O. The zero-order valence-corrected chi connectivity index (χ0v) is 9.39. The van der Waals surface area contributed by atoms with E-state index in [1.54, 1.807) is 13.3 Å². The van der Waals surface area contributed by atoms with Gasteiger partial charge in [0.1, 0.15) is 5.52 Å². The van der Waals surface area contributed by atoms with Crippen molar-refractivity contribution in [3.63, 3.8) is 0 Å². The van der Waals surface area contributed by atoms with Crippen LogP contribution in [0, 0.1) is 0 Å². The maximum absolute atomic E-state index is 5.85. The molecule has 0 saturated heterocycles. The molecule has 2 N–H and O–H groups in total. The summed E-state index contributed by atoms with van der Waals surface area (Å²) in [4.78, 5) is 8.55. The van der Waals surface area contributed by atoms with E-state index in [2.05, 4.69) is 9.97 Å². The summed E-state index contributed by atoms with van der Waals surface area (Å²) < 4.78 is 6.96. The molecule has 5 heteroatoms. The molecule has 0 spiro atoms. The van der Waals surface area contributed by atoms with E-state index >= 15 is 0 Å². The minimum atomic E-state index is 0.533. The van der Waals surface area contributed by atoms with Gasteiger partial charge in [0, 0.05) is 26.5 Å². The average molecular weight is 220 g/mol. The summed E-state index contributed by atoms with van der Waals surface area (Å²) >= 11 is 0. The van der Waals surface area contributed by atoms with E-state index in [4.69, 9.17) is 10.5 Å². The van der Waals surface area contributed by atoms with Gasteiger partial charge >= 0.3 is 0 Å². The lowest BCUT2D eigenvalue weighted by Gasteiger charge is -2.04. The van der Waals surface area contributed by atoms with Crippen LogP contribution in [0.4, 0.5) is 5.95 Å². The highest BCUT2D eigenvalue weighted by Crippen LogP contribution is 2.15. The van der Waals surface area contributed by atoms with Gasteiger partial charge in [-0.15, -0.1) is 0 Å². The van der Waals surface area contributed by atoms with Gasteiger partial charge in [-0.2, -0.15) is 0 Å². The number of rotatable bonds is 5. The Kier molecular flexibility index (Phi) is 3.36. The van der Waals surface area contributed by atoms with Gasteiger partial charge in [0.25, 0.3) is 0 Å². The largest absolute Gasteiger partial charge is 0.385 e. The maximum atomic E-state index is 5.85. The van der Waals surface area contributed by atoms with Crippen LogP contribution in [0.2, 0.25) is 0 Å². The molecule has 0 aliphatic heterocycles. The third-order valence-electron chi connectivity index (χ3n) is 2.51. The van der Waals surface area contributed by atoms with E-state index in [1.807, 2.05) is 16.7 Å². The summed E-state index contributed by atoms with van der Waals surface area (Å²) in [5, 5.41) is 0. The molecule has 0 radical (unpaired) electrons. The van der Waals surface area contributed by atoms with Gasteiger partial charge in [0.05, 0.1) is 0 Å². The quantitative estimate of drug-likeness (QED) is 0.774. The third kappa shape index (κ3) is 2.14. The van der Waals surface area contributed by atoms with Crippen molar-refractivity contribution in [2.45, 2.75) is 19.4 Å². The van der Waals surface area contributed by atoms with Crippen molar-refractivity contribution in [3.8, 4) is 0 Å². The van der Waals surface area contributed by atoms with Gasteiger partial charge in [-0.3, -0.25) is 4.57 Å². The van der Waals surface area contributed by atoms with Crippen LogP contribution < -0.4 is 5.73 Å². The van der Waals surface area contributed by atoms with Crippen molar-refractivity contribution in [2.75, 3.05) is 19.5 Å². The minimum Gasteiger partial charge on any atom is -0.385 e. The van der Waals surface area contributed by atoms with E-state index in [9.17, 15) is 0 Å². The summed E-state index contributed by atoms with van der Waals surface area (Å²) in [5.74, 6) is 0.533. The number of pyridine rings is 1. The van der Waals surface area contributed by atoms with Crippen LogP contribution in [0.1, 0.15) is 12.8 Å². The molecular weight excluding hydrogens is 204 g/mol. The van der Waals surface area contributed by atoms with Crippen LogP contribution in [-0.4, -0.2) is 28.3 Å². The van der Waals surface area contributed by atoms with E-state index in [-0.39, 0.29) is 0 Å². The van der Waals surface area contributed by atoms with Crippen molar-refractivity contribution in [2.24, 2.45) is 0 Å². The summed E-state index contributed by atoms with van der Waals surface area (Å²) in [6.45, 7) is 1.61. The SMILES string of the molecule is COCCCCn1c(N)nc2cccnc21. The number of nitrogens with zero attached hydrogens (tertiary/aromatic N) is 3. The van der Waals surface area contributed by atoms with Crippen LogP contribution in [0.15, 0.2) is 18.3 Å². The van der Waals surface area contributed by atoms with Gasteiger partial charge in [-0.1, -0.05) is 0 Å². The Balaban J connectivity index is 2.13. The van der Waals surface area contributed by atoms with Gasteiger partial charge in [0.2, 0.25) is 5.95 Å². The first-order valence-corrected chi connectivity index (χ1v) is 5.38. The Hall–Kier alpha value is -1.62. The van der Waals surface area contributed by atoms with E-state index in [0.717, 1.165) is 37.2 Å². The van der Waals surface area contributed by atoms with Crippen LogP contribution in [0.25, 0.3) is 11.2 Å². The highest BCUT2D eigenvalue weighted by molar-refractivity contribution is 5.73. The fourth-order valence-corrected chi connectivity index (χ4v) is 1.71. The Bertz CT molecular complexity index is 466. The lowest BCUT2D eigenvalue weighted by atomic mass is 10.3. The van der Waals surface area contributed by atoms with Gasteiger partial charge in [0.15, 0.2) is 5.65 Å². The Labute approximate surface area is 94.2 Å². The number of ether oxygens (including phenoxy) is 1. The molecule has 16 heavy (non-hydrogen) atoms. The van der Waals surface area contributed by atoms with Crippen molar-refractivity contribution in [3.05, 3.63) is 18.3 Å². The predicted octanol–water partition coefficient (Wildman–Crippen LogP) is 1.44. The van der Waals surface area contributed by atoms with Gasteiger partial charge in [-0.25, -0.2) is 9.97 Å². The number of methoxy groups -OCH3 is 1. The number of unbranched alkanes of at least 4 members (excludes halogenated alkanes) is 1. The molecule has 0 aliphatic carbocycles. The zero-order valence-electron chi connectivity index (χ0n) is 9.39. The molecule has 0 aromatic carbocycles. The molecule has 0 fully saturated rings. The van der Waals surface area contributed by atoms with Crippen molar-refractivity contribution >= 4 is 17.1 Å². The lowest BCUT2D eigenvalue weighted by molar-refractivity contribution is 0.191. The third-order valence-corrected chi connectivity index (χ3v) is 2.51. The molecule has 0 aliphatic rings. The number of aromatic nitrogens is 3. The van der Waals surface area contributed by atoms with Crippen LogP contribution in [0.3, 0.4) is 0 Å². The highest BCUT2D eigenvalue weighted by Gasteiger charge is 2.07. The van der Waals surface area contributed by atoms with E-state index in [0.29, 0.717) is 5.95 Å². The lowest BCUT2D eigenvalue weighted by Crippen LogP contribution is -2.05. The van der Waals surface area contributed by atoms with Crippen molar-refractivity contribution < 1.29 is 4.74 Å². The van der Waals surface area contributed by atoms with E-state index in [1.165, 1.54) is 0 Å². The first-order valence-electron chi connectivity index (χ1n) is 5.38. The number of hydrogen-bond donors (Lipinski definition) is 1. The van der Waals surface area contributed by atoms with Crippen LogP contribution in [-0.2, 0) is 11.3 Å². The number of anilines is 1. The number of aryl methyl sites for hydroxylation is 1.